The summed E-state index contributed by atoms with van der Waals surface area (Å²) in [4.78, 5) is 7.44. The van der Waals surface area contributed by atoms with Crippen LogP contribution in [0, 0.1) is 0 Å². The van der Waals surface area contributed by atoms with E-state index in [-0.39, 0.29) is 0 Å². The molecule has 0 radical (unpaired) electrons. The SMILES string of the molecule is Clc1cnc2[nH]cc(-c3ccn4nccc4c3)c2c1. The first-order chi connectivity index (χ1) is 9.31. The van der Waals surface area contributed by atoms with E-state index < -0.39 is 0 Å². The number of fused-ring (bicyclic) bond motifs is 2. The van der Waals surface area contributed by atoms with Gasteiger partial charge in [-0.2, -0.15) is 5.10 Å². The minimum absolute atomic E-state index is 0.638. The molecule has 0 bridgehead atoms. The van der Waals surface area contributed by atoms with Crippen LogP contribution in [-0.2, 0) is 0 Å². The Morgan fingerprint density at radius 3 is 3.11 bits per heavy atom. The molecule has 0 saturated heterocycles. The number of halogens is 1. The van der Waals surface area contributed by atoms with Crippen LogP contribution in [0.1, 0.15) is 0 Å². The second-order valence-corrected chi connectivity index (χ2v) is 4.80. The van der Waals surface area contributed by atoms with Crippen molar-refractivity contribution in [1.82, 2.24) is 19.6 Å². The minimum atomic E-state index is 0.638. The summed E-state index contributed by atoms with van der Waals surface area (Å²) in [5.74, 6) is 0. The molecule has 92 valence electrons. The number of rotatable bonds is 1. The lowest BCUT2D eigenvalue weighted by atomic mass is 10.1. The maximum absolute atomic E-state index is 6.02. The molecule has 4 rings (SSSR count). The third kappa shape index (κ3) is 1.61. The second-order valence-electron chi connectivity index (χ2n) is 4.37. The summed E-state index contributed by atoms with van der Waals surface area (Å²) in [6, 6.07) is 8.03. The largest absolute Gasteiger partial charge is 0.346 e. The van der Waals surface area contributed by atoms with Crippen LogP contribution >= 0.6 is 11.6 Å². The quantitative estimate of drug-likeness (QED) is 0.574. The van der Waals surface area contributed by atoms with Gasteiger partial charge in [-0.05, 0) is 29.8 Å². The van der Waals surface area contributed by atoms with E-state index >= 15 is 0 Å². The number of nitrogens with zero attached hydrogens (tertiary/aromatic N) is 3. The van der Waals surface area contributed by atoms with Crippen LogP contribution in [-0.4, -0.2) is 19.6 Å². The van der Waals surface area contributed by atoms with Gasteiger partial charge >= 0.3 is 0 Å². The number of aromatic nitrogens is 4. The van der Waals surface area contributed by atoms with Gasteiger partial charge in [0, 0.05) is 35.7 Å². The Kier molecular flexibility index (Phi) is 2.13. The van der Waals surface area contributed by atoms with Gasteiger partial charge in [-0.25, -0.2) is 9.50 Å². The molecule has 4 aromatic heterocycles. The molecule has 0 aliphatic heterocycles. The van der Waals surface area contributed by atoms with E-state index in [9.17, 15) is 0 Å². The van der Waals surface area contributed by atoms with Crippen LogP contribution in [0.25, 0.3) is 27.7 Å². The highest BCUT2D eigenvalue weighted by Crippen LogP contribution is 2.29. The maximum Gasteiger partial charge on any atom is 0.137 e. The van der Waals surface area contributed by atoms with E-state index in [1.807, 2.05) is 35.1 Å². The third-order valence-corrected chi connectivity index (χ3v) is 3.42. The lowest BCUT2D eigenvalue weighted by molar-refractivity contribution is 0.962. The van der Waals surface area contributed by atoms with Gasteiger partial charge in [0.05, 0.1) is 10.5 Å². The lowest BCUT2D eigenvalue weighted by Gasteiger charge is -2.01. The van der Waals surface area contributed by atoms with Crippen molar-refractivity contribution in [3.05, 3.63) is 54.1 Å². The molecule has 0 saturated carbocycles. The first-order valence-electron chi connectivity index (χ1n) is 5.88. The summed E-state index contributed by atoms with van der Waals surface area (Å²) < 4.78 is 1.84. The number of nitrogens with one attached hydrogen (secondary N) is 1. The van der Waals surface area contributed by atoms with Crippen molar-refractivity contribution in [3.8, 4) is 11.1 Å². The fraction of sp³-hybridized carbons (Fsp3) is 0. The van der Waals surface area contributed by atoms with Gasteiger partial charge in [0.1, 0.15) is 5.65 Å². The van der Waals surface area contributed by atoms with Crippen LogP contribution < -0.4 is 0 Å². The van der Waals surface area contributed by atoms with Crippen molar-refractivity contribution in [2.24, 2.45) is 0 Å². The van der Waals surface area contributed by atoms with Crippen molar-refractivity contribution >= 4 is 28.2 Å². The van der Waals surface area contributed by atoms with Crippen LogP contribution in [0.4, 0.5) is 0 Å². The van der Waals surface area contributed by atoms with Crippen LogP contribution in [0.3, 0.4) is 0 Å². The van der Waals surface area contributed by atoms with Gasteiger partial charge in [0.2, 0.25) is 0 Å². The van der Waals surface area contributed by atoms with E-state index in [4.69, 9.17) is 11.6 Å². The molecule has 4 aromatic rings. The van der Waals surface area contributed by atoms with Crippen molar-refractivity contribution in [1.29, 1.82) is 0 Å². The molecule has 0 aromatic carbocycles. The van der Waals surface area contributed by atoms with Crippen molar-refractivity contribution in [3.63, 3.8) is 0 Å². The van der Waals surface area contributed by atoms with Crippen LogP contribution in [0.2, 0.25) is 5.02 Å². The number of hydrogen-bond acceptors (Lipinski definition) is 2. The molecule has 1 N–H and O–H groups in total. The van der Waals surface area contributed by atoms with E-state index in [0.29, 0.717) is 5.02 Å². The fourth-order valence-electron chi connectivity index (χ4n) is 2.31. The van der Waals surface area contributed by atoms with E-state index in [1.165, 1.54) is 0 Å². The van der Waals surface area contributed by atoms with Gasteiger partial charge in [-0.1, -0.05) is 11.6 Å². The van der Waals surface area contributed by atoms with Gasteiger partial charge in [0.15, 0.2) is 0 Å². The summed E-state index contributed by atoms with van der Waals surface area (Å²) in [5, 5.41) is 5.86. The van der Waals surface area contributed by atoms with Gasteiger partial charge < -0.3 is 4.98 Å². The predicted octanol–water partition coefficient (Wildman–Crippen LogP) is 3.53. The molecule has 0 atom stereocenters. The van der Waals surface area contributed by atoms with Gasteiger partial charge in [-0.3, -0.25) is 0 Å². The number of aromatic amines is 1. The van der Waals surface area contributed by atoms with E-state index in [2.05, 4.69) is 21.1 Å². The minimum Gasteiger partial charge on any atom is -0.346 e. The zero-order chi connectivity index (χ0) is 12.8. The van der Waals surface area contributed by atoms with E-state index in [1.54, 1.807) is 12.4 Å². The van der Waals surface area contributed by atoms with Crippen LogP contribution in [0.15, 0.2) is 49.1 Å². The molecule has 4 nitrogen and oxygen atoms in total. The van der Waals surface area contributed by atoms with Gasteiger partial charge in [0.25, 0.3) is 0 Å². The summed E-state index contributed by atoms with van der Waals surface area (Å²) in [6.45, 7) is 0. The first kappa shape index (κ1) is 10.6. The van der Waals surface area contributed by atoms with Crippen molar-refractivity contribution in [2.75, 3.05) is 0 Å². The molecule has 0 aliphatic carbocycles. The standard InChI is InChI=1S/C14H9ClN4/c15-10-6-12-13(8-17-14(12)16-7-10)9-2-4-19-11(5-9)1-3-18-19/h1-8H,(H,16,17). The molecule has 0 amide bonds. The summed E-state index contributed by atoms with van der Waals surface area (Å²) in [6.07, 6.45) is 7.33. The van der Waals surface area contributed by atoms with Crippen LogP contribution in [0.5, 0.6) is 0 Å². The lowest BCUT2D eigenvalue weighted by Crippen LogP contribution is -1.86. The average Bonchev–Trinajstić information content (AvgIpc) is 3.03. The number of H-pyrrole nitrogens is 1. The Morgan fingerprint density at radius 2 is 2.16 bits per heavy atom. The molecule has 0 fully saturated rings. The Bertz CT molecular complexity index is 891. The molecular weight excluding hydrogens is 260 g/mol. The second kappa shape index (κ2) is 3.83. The average molecular weight is 269 g/mol. The molecule has 0 unspecified atom stereocenters. The normalized spacial score (nSPS) is 11.4. The first-order valence-corrected chi connectivity index (χ1v) is 6.25. The Balaban J connectivity index is 2.00. The monoisotopic (exact) mass is 268 g/mol. The molecule has 19 heavy (non-hydrogen) atoms. The zero-order valence-electron chi connectivity index (χ0n) is 9.84. The Morgan fingerprint density at radius 1 is 1.21 bits per heavy atom. The number of hydrogen-bond donors (Lipinski definition) is 1. The fourth-order valence-corrected chi connectivity index (χ4v) is 2.46. The Labute approximate surface area is 113 Å². The predicted molar refractivity (Wildman–Crippen MR) is 75.3 cm³/mol. The molecule has 5 heteroatoms. The zero-order valence-corrected chi connectivity index (χ0v) is 10.6. The van der Waals surface area contributed by atoms with Crippen molar-refractivity contribution < 1.29 is 0 Å². The molecule has 0 aliphatic rings. The third-order valence-electron chi connectivity index (χ3n) is 3.21. The summed E-state index contributed by atoms with van der Waals surface area (Å²) in [7, 11) is 0. The highest BCUT2D eigenvalue weighted by Gasteiger charge is 2.08. The highest BCUT2D eigenvalue weighted by atomic mass is 35.5. The van der Waals surface area contributed by atoms with Gasteiger partial charge in [-0.15, -0.1) is 0 Å². The number of pyridine rings is 2. The molecular formula is C14H9ClN4. The summed E-state index contributed by atoms with van der Waals surface area (Å²) in [5.41, 5.74) is 4.10. The highest BCUT2D eigenvalue weighted by molar-refractivity contribution is 6.31. The maximum atomic E-state index is 6.02. The smallest absolute Gasteiger partial charge is 0.137 e. The summed E-state index contributed by atoms with van der Waals surface area (Å²) >= 11 is 6.02. The topological polar surface area (TPSA) is 46.0 Å². The molecule has 4 heterocycles. The van der Waals surface area contributed by atoms with E-state index in [0.717, 1.165) is 27.7 Å². The van der Waals surface area contributed by atoms with Crippen molar-refractivity contribution in [2.45, 2.75) is 0 Å². The Hall–Kier alpha value is -2.33. The molecule has 0 spiro atoms.